The molecule has 0 unspecified atom stereocenters. The summed E-state index contributed by atoms with van der Waals surface area (Å²) in [5.74, 6) is 5.02. The molecule has 40 heavy (non-hydrogen) atoms. The van der Waals surface area contributed by atoms with E-state index in [1.807, 2.05) is 32.0 Å². The third-order valence-corrected chi connectivity index (χ3v) is 7.44. The summed E-state index contributed by atoms with van der Waals surface area (Å²) in [4.78, 5) is 13.8. The number of fused-ring (bicyclic) bond motifs is 1. The van der Waals surface area contributed by atoms with Crippen LogP contribution in [0.3, 0.4) is 0 Å². The van der Waals surface area contributed by atoms with Gasteiger partial charge >= 0.3 is 6.09 Å². The van der Waals surface area contributed by atoms with Crippen LogP contribution in [0.2, 0.25) is 0 Å². The Bertz CT molecular complexity index is 1380. The number of hydrogen-bond acceptors (Lipinski definition) is 7. The van der Waals surface area contributed by atoms with Crippen molar-refractivity contribution in [2.75, 3.05) is 26.3 Å². The van der Waals surface area contributed by atoms with Crippen molar-refractivity contribution < 1.29 is 36.6 Å². The van der Waals surface area contributed by atoms with Gasteiger partial charge in [-0.2, -0.15) is 0 Å². The molecular weight excluding hydrogens is 539 g/mol. The van der Waals surface area contributed by atoms with E-state index >= 15 is 0 Å². The molecule has 2 heterocycles. The summed E-state index contributed by atoms with van der Waals surface area (Å²) in [6, 6.07) is 9.11. The number of amides is 1. The molecule has 0 radical (unpaired) electrons. The number of benzene rings is 2. The number of ether oxygens (including phenoxy) is 4. The highest BCUT2D eigenvalue weighted by Crippen LogP contribution is 2.35. The van der Waals surface area contributed by atoms with E-state index in [0.717, 1.165) is 54.7 Å². The molecule has 1 fully saturated rings. The minimum atomic E-state index is -3.99. The lowest BCUT2D eigenvalue weighted by molar-refractivity contribution is -0.180. The average Bonchev–Trinajstić information content (AvgIpc) is 3.26. The minimum absolute atomic E-state index is 0.244. The quantitative estimate of drug-likeness (QED) is 0.307. The molecule has 216 valence electrons. The van der Waals surface area contributed by atoms with Crippen LogP contribution in [0.1, 0.15) is 68.7 Å². The van der Waals surface area contributed by atoms with Gasteiger partial charge in [-0.05, 0) is 48.7 Å². The zero-order chi connectivity index (χ0) is 28.8. The summed E-state index contributed by atoms with van der Waals surface area (Å²) in [5, 5.41) is 5.05. The minimum Gasteiger partial charge on any atom is -0.463 e. The fourth-order valence-electron chi connectivity index (χ4n) is 4.47. The van der Waals surface area contributed by atoms with Crippen molar-refractivity contribution in [3.63, 3.8) is 0 Å². The second-order valence-electron chi connectivity index (χ2n) is 10.3. The van der Waals surface area contributed by atoms with E-state index in [1.54, 1.807) is 4.90 Å². The summed E-state index contributed by atoms with van der Waals surface area (Å²) >= 11 is 0. The summed E-state index contributed by atoms with van der Waals surface area (Å²) in [6.07, 6.45) is 3.54. The number of carbonyl (C=O) groups is 1. The molecule has 2 aromatic rings. The van der Waals surface area contributed by atoms with E-state index in [2.05, 4.69) is 11.8 Å². The maximum Gasteiger partial charge on any atom is 0.410 e. The standard InChI is InChI=1S/C29H35FN2O7S/c1-29(2)37-20-23-17-22(10-11-26(23)39-29)27-19-32(28(33)38-27)12-6-3-4-7-13-36-14-8-5-9-21-15-24(30)18-25(16-21)40(31,34)35/h10-11,15-18,27H,3-4,6-8,12-14,19-20H2,1-2H3,(H2,31,34,35)/t27-/m0/s1. The van der Waals surface area contributed by atoms with Crippen LogP contribution in [-0.2, 0) is 30.8 Å². The molecular formula is C29H35FN2O7S. The average molecular weight is 575 g/mol. The molecule has 0 spiro atoms. The van der Waals surface area contributed by atoms with Crippen LogP contribution < -0.4 is 9.88 Å². The number of hydrogen-bond donors (Lipinski definition) is 1. The van der Waals surface area contributed by atoms with Gasteiger partial charge in [-0.1, -0.05) is 30.7 Å². The molecule has 2 aromatic carbocycles. The first-order valence-electron chi connectivity index (χ1n) is 13.3. The Morgan fingerprint density at radius 2 is 1.93 bits per heavy atom. The Morgan fingerprint density at radius 3 is 2.73 bits per heavy atom. The Morgan fingerprint density at radius 1 is 1.12 bits per heavy atom. The Labute approximate surface area is 234 Å². The SMILES string of the molecule is CC1(C)OCc2cc([C@@H]3CN(CCCCCCOCCC#Cc4cc(F)cc(S(N)(=O)=O)c4)C(=O)O3)ccc2O1. The van der Waals surface area contributed by atoms with Crippen LogP contribution >= 0.6 is 0 Å². The molecule has 11 heteroatoms. The molecule has 0 aliphatic carbocycles. The zero-order valence-electron chi connectivity index (χ0n) is 22.8. The van der Waals surface area contributed by atoms with Gasteiger partial charge in [0.2, 0.25) is 15.8 Å². The van der Waals surface area contributed by atoms with E-state index in [9.17, 15) is 17.6 Å². The Kier molecular flexibility index (Phi) is 9.68. The molecule has 1 atom stereocenters. The summed E-state index contributed by atoms with van der Waals surface area (Å²) in [6.45, 7) is 6.38. The predicted octanol–water partition coefficient (Wildman–Crippen LogP) is 4.63. The summed E-state index contributed by atoms with van der Waals surface area (Å²) in [5.41, 5.74) is 2.13. The Balaban J connectivity index is 1.08. The first-order valence-corrected chi connectivity index (χ1v) is 14.9. The molecule has 4 rings (SSSR count). The fourth-order valence-corrected chi connectivity index (χ4v) is 5.04. The highest BCUT2D eigenvalue weighted by Gasteiger charge is 2.33. The van der Waals surface area contributed by atoms with E-state index in [-0.39, 0.29) is 22.7 Å². The number of carbonyl (C=O) groups excluding carboxylic acids is 1. The lowest BCUT2D eigenvalue weighted by Gasteiger charge is -2.32. The van der Waals surface area contributed by atoms with E-state index in [4.69, 9.17) is 24.1 Å². The van der Waals surface area contributed by atoms with Crippen molar-refractivity contribution in [3.8, 4) is 17.6 Å². The van der Waals surface area contributed by atoms with Gasteiger partial charge in [0.25, 0.3) is 0 Å². The van der Waals surface area contributed by atoms with Crippen LogP contribution in [0.15, 0.2) is 41.3 Å². The molecule has 1 amide bonds. The van der Waals surface area contributed by atoms with Gasteiger partial charge in [0, 0.05) is 44.5 Å². The molecule has 2 aliphatic heterocycles. The second kappa shape index (κ2) is 13.0. The maximum atomic E-state index is 13.6. The van der Waals surface area contributed by atoms with Gasteiger partial charge in [-0.3, -0.25) is 0 Å². The summed E-state index contributed by atoms with van der Waals surface area (Å²) < 4.78 is 59.1. The van der Waals surface area contributed by atoms with Crippen LogP contribution in [0.5, 0.6) is 5.75 Å². The predicted molar refractivity (Wildman–Crippen MR) is 145 cm³/mol. The number of nitrogens with zero attached hydrogens (tertiary/aromatic N) is 1. The highest BCUT2D eigenvalue weighted by molar-refractivity contribution is 7.89. The number of sulfonamides is 1. The Hall–Kier alpha value is -3.17. The van der Waals surface area contributed by atoms with Crippen molar-refractivity contribution in [2.45, 2.75) is 69.3 Å². The molecule has 0 bridgehead atoms. The van der Waals surface area contributed by atoms with E-state index in [0.29, 0.717) is 39.3 Å². The van der Waals surface area contributed by atoms with Crippen molar-refractivity contribution in [1.29, 1.82) is 0 Å². The molecule has 2 N–H and O–H groups in total. The second-order valence-corrected chi connectivity index (χ2v) is 11.8. The number of nitrogens with two attached hydrogens (primary N) is 1. The third kappa shape index (κ3) is 8.41. The number of halogens is 1. The van der Waals surface area contributed by atoms with Crippen LogP contribution in [0.4, 0.5) is 9.18 Å². The van der Waals surface area contributed by atoms with Crippen molar-refractivity contribution >= 4 is 16.1 Å². The fraction of sp³-hybridized carbons (Fsp3) is 0.483. The van der Waals surface area contributed by atoms with Crippen molar-refractivity contribution in [3.05, 3.63) is 58.9 Å². The molecule has 1 saturated heterocycles. The topological polar surface area (TPSA) is 117 Å². The monoisotopic (exact) mass is 574 g/mol. The number of primary sulfonamides is 1. The van der Waals surface area contributed by atoms with Crippen molar-refractivity contribution in [1.82, 2.24) is 4.90 Å². The highest BCUT2D eigenvalue weighted by atomic mass is 32.2. The molecule has 0 saturated carbocycles. The lowest BCUT2D eigenvalue weighted by Crippen LogP contribution is -2.35. The first kappa shape index (κ1) is 29.8. The van der Waals surface area contributed by atoms with Gasteiger partial charge in [-0.15, -0.1) is 0 Å². The third-order valence-electron chi connectivity index (χ3n) is 6.55. The van der Waals surface area contributed by atoms with Crippen LogP contribution in [-0.4, -0.2) is 51.5 Å². The van der Waals surface area contributed by atoms with E-state index in [1.165, 1.54) is 6.07 Å². The zero-order valence-corrected chi connectivity index (χ0v) is 23.6. The van der Waals surface area contributed by atoms with Gasteiger partial charge in [0.1, 0.15) is 17.7 Å². The normalized spacial score (nSPS) is 17.9. The van der Waals surface area contributed by atoms with Gasteiger partial charge in [0.15, 0.2) is 0 Å². The van der Waals surface area contributed by atoms with Crippen molar-refractivity contribution in [2.24, 2.45) is 5.14 Å². The van der Waals surface area contributed by atoms with Gasteiger partial charge in [0.05, 0.1) is 24.7 Å². The largest absolute Gasteiger partial charge is 0.463 e. The smallest absolute Gasteiger partial charge is 0.410 e. The summed E-state index contributed by atoms with van der Waals surface area (Å²) in [7, 11) is -3.99. The van der Waals surface area contributed by atoms with Crippen LogP contribution in [0.25, 0.3) is 0 Å². The van der Waals surface area contributed by atoms with Gasteiger partial charge in [-0.25, -0.2) is 22.7 Å². The number of cyclic esters (lactones) is 1. The lowest BCUT2D eigenvalue weighted by atomic mass is 10.0. The number of unbranched alkanes of at least 4 members (excludes halogenated alkanes) is 3. The molecule has 2 aliphatic rings. The number of rotatable bonds is 11. The molecule has 9 nitrogen and oxygen atoms in total. The molecule has 0 aromatic heterocycles. The first-order chi connectivity index (χ1) is 19.0. The van der Waals surface area contributed by atoms with E-state index < -0.39 is 21.6 Å². The maximum absolute atomic E-state index is 13.6. The van der Waals surface area contributed by atoms with Gasteiger partial charge < -0.3 is 23.8 Å². The van der Waals surface area contributed by atoms with Crippen LogP contribution in [0, 0.1) is 17.7 Å².